The van der Waals surface area contributed by atoms with Gasteiger partial charge in [-0.05, 0) is 151 Å². The Morgan fingerprint density at radius 2 is 0.516 bits per heavy atom. The number of para-hydroxylation sites is 20. The van der Waals surface area contributed by atoms with E-state index in [2.05, 4.69) is 169 Å². The van der Waals surface area contributed by atoms with Gasteiger partial charge in [0, 0.05) is 39.0 Å². The van der Waals surface area contributed by atoms with Crippen LogP contribution in [-0.4, -0.2) is 112 Å². The van der Waals surface area contributed by atoms with Crippen molar-refractivity contribution < 1.29 is 0 Å². The van der Waals surface area contributed by atoms with E-state index in [1.54, 1.807) is 4.40 Å². The lowest BCUT2D eigenvalue weighted by Crippen LogP contribution is -2.15. The largest absolute Gasteiger partial charge is 0.332 e. The van der Waals surface area contributed by atoms with Crippen LogP contribution in [0, 0.1) is 0 Å². The molecule has 0 aliphatic heterocycles. The normalized spacial score (nSPS) is 11.5. The van der Waals surface area contributed by atoms with Crippen molar-refractivity contribution in [3.8, 4) is 22.5 Å². The maximum absolute atomic E-state index is 12.1. The number of H-pyrrole nitrogens is 4. The third kappa shape index (κ3) is 14.2. The third-order valence-electron chi connectivity index (χ3n) is 21.6. The van der Waals surface area contributed by atoms with Gasteiger partial charge in [0.05, 0.1) is 105 Å². The zero-order valence-corrected chi connectivity index (χ0v) is 67.3. The molecule has 0 saturated heterocycles. The molecule has 30 heteroatoms. The van der Waals surface area contributed by atoms with Gasteiger partial charge in [0.25, 0.3) is 0 Å². The molecule has 0 unspecified atom stereocenters. The van der Waals surface area contributed by atoms with Crippen LogP contribution in [0.1, 0.15) is 0 Å². The highest BCUT2D eigenvalue weighted by Gasteiger charge is 2.26. The van der Waals surface area contributed by atoms with Gasteiger partial charge >= 0.3 is 5.69 Å². The Labute approximate surface area is 722 Å². The molecule has 1 aliphatic carbocycles. The SMILES string of the molecule is O=c1[nH]c2ccccc2c2nc3ccccc3n12.c1cc2c3c(cccc3c1)-c1nc3ccccc3nc1-2.c1ccc(Nc2nc(Nc3ccccc3)nc(Nc3ccccc3)n2)cc1.c1ccc2[nH]c(Nc3nc(Nc4nc5ccccc5[nH]4)nc(Nc4nc5ccccc5[nH]4)n3)nc2c1.c1ccc2c(c1)nc1n2c2nc3ccccc3n2c2nc3ccccc3n12. The number of nitrogens with zero attached hydrogens (tertiary/aromatic N) is 19. The van der Waals surface area contributed by atoms with Crippen molar-refractivity contribution in [3.63, 3.8) is 0 Å². The molecular formula is C98H67N29O. The predicted molar refractivity (Wildman–Crippen MR) is 504 cm³/mol. The number of aromatic nitrogens is 23. The van der Waals surface area contributed by atoms with Crippen LogP contribution in [0.25, 0.3) is 155 Å². The lowest BCUT2D eigenvalue weighted by molar-refractivity contribution is 1.01. The molecule has 0 atom stereocenters. The predicted octanol–water partition coefficient (Wildman–Crippen LogP) is 20.7. The fraction of sp³-hybridized carbons (Fsp3) is 0. The average Bonchev–Trinajstić information content (AvgIpc) is 1.53. The van der Waals surface area contributed by atoms with Gasteiger partial charge in [0.15, 0.2) is 5.65 Å². The maximum atomic E-state index is 12.1. The van der Waals surface area contributed by atoms with Crippen LogP contribution >= 0.6 is 0 Å². The zero-order valence-electron chi connectivity index (χ0n) is 67.3. The monoisotopic (exact) mass is 1670 g/mol. The van der Waals surface area contributed by atoms with Crippen LogP contribution in [0.4, 0.5) is 70.6 Å². The number of fused-ring (bicyclic) bond motifs is 24. The molecule has 610 valence electrons. The van der Waals surface area contributed by atoms with E-state index in [1.165, 1.54) is 21.9 Å². The molecule has 26 aromatic rings. The van der Waals surface area contributed by atoms with E-state index in [0.717, 1.165) is 145 Å². The highest BCUT2D eigenvalue weighted by atomic mass is 16.1. The Kier molecular flexibility index (Phi) is 18.4. The summed E-state index contributed by atoms with van der Waals surface area (Å²) in [5.74, 6) is 6.18. The second-order valence-corrected chi connectivity index (χ2v) is 29.8. The van der Waals surface area contributed by atoms with Gasteiger partial charge in [0.2, 0.25) is 70.9 Å². The molecule has 0 saturated carbocycles. The van der Waals surface area contributed by atoms with Crippen LogP contribution in [0.15, 0.2) is 351 Å². The Hall–Kier alpha value is -18.7. The number of hydrogen-bond donors (Lipinski definition) is 10. The van der Waals surface area contributed by atoms with Crippen LogP contribution < -0.4 is 37.6 Å². The van der Waals surface area contributed by atoms with E-state index in [0.29, 0.717) is 41.3 Å². The van der Waals surface area contributed by atoms with Crippen LogP contribution in [0.3, 0.4) is 0 Å². The fourth-order valence-corrected chi connectivity index (χ4v) is 16.0. The van der Waals surface area contributed by atoms with Gasteiger partial charge in [-0.2, -0.15) is 29.9 Å². The summed E-state index contributed by atoms with van der Waals surface area (Å²) in [5, 5.41) is 22.5. The molecule has 128 heavy (non-hydrogen) atoms. The van der Waals surface area contributed by atoms with Gasteiger partial charge in [-0.25, -0.2) is 67.3 Å². The standard InChI is InChI=1S/C24H18N12.C21H12N6.C21H18N6.C18H10N2.C14H9N3O/c1-2-8-14-13(7-1)25-19(26-14)31-22-34-23(32-20-27-15-9-3-4-10-16(15)28-20)36-24(35-22)33-21-29-17-11-5-6-12-18(17)30-21;1-4-10-16-13(7-1)22-19-25(16)20-23-15-9-3-6-12-18(15)27(20)21-24-14-8-2-5-11-17(14)26(19)21;1-4-10-16(11-5-1)22-19-25-20(23-17-12-6-2-7-13-17)27-21(26-19)24-18-14-8-3-9-15-18;1-2-10-15-14(9-1)19-17-12-7-3-5-11-6-4-8-13(16(11)12)18(17)20-15;18-14-16-10-6-2-1-5-9(10)13-15-11-7-3-4-8-12(11)17(13)14/h1-12H,(H6,25,26,27,28,29,30,31,32,33,34,35,36);1-12H;1-15H,(H3,22,23,24,25,26,27);1-10H;1-8H,(H,16,18). The molecular weight excluding hydrogens is 1600 g/mol. The number of rotatable bonds is 12. The Bertz CT molecular complexity index is 8030. The molecule has 0 amide bonds. The summed E-state index contributed by atoms with van der Waals surface area (Å²) in [7, 11) is 0. The van der Waals surface area contributed by atoms with Crippen molar-refractivity contribution in [1.29, 1.82) is 0 Å². The number of hydrogen-bond acceptors (Lipinski definition) is 22. The van der Waals surface area contributed by atoms with Crippen molar-refractivity contribution in [3.05, 3.63) is 356 Å². The van der Waals surface area contributed by atoms with Crippen LogP contribution in [-0.2, 0) is 0 Å². The van der Waals surface area contributed by atoms with Crippen molar-refractivity contribution in [2.75, 3.05) is 31.9 Å². The lowest BCUT2D eigenvalue weighted by atomic mass is 10.0. The molecule has 27 rings (SSSR count). The van der Waals surface area contributed by atoms with Crippen LogP contribution in [0.2, 0.25) is 0 Å². The van der Waals surface area contributed by atoms with Gasteiger partial charge < -0.3 is 35.9 Å². The molecule has 14 aromatic carbocycles. The highest BCUT2D eigenvalue weighted by molar-refractivity contribution is 6.14. The number of benzene rings is 14. The number of imidazole rings is 7. The minimum Gasteiger partial charge on any atom is -0.324 e. The second-order valence-electron chi connectivity index (χ2n) is 29.8. The van der Waals surface area contributed by atoms with Crippen molar-refractivity contribution in [2.45, 2.75) is 0 Å². The molecule has 12 heterocycles. The maximum Gasteiger partial charge on any atom is 0.332 e. The van der Waals surface area contributed by atoms with Crippen molar-refractivity contribution in [2.24, 2.45) is 0 Å². The molecule has 12 aromatic heterocycles. The van der Waals surface area contributed by atoms with E-state index in [1.807, 2.05) is 291 Å². The first-order chi connectivity index (χ1) is 63.3. The van der Waals surface area contributed by atoms with Crippen molar-refractivity contribution >= 4 is 204 Å². The van der Waals surface area contributed by atoms with Gasteiger partial charge in [-0.15, -0.1) is 0 Å². The smallest absolute Gasteiger partial charge is 0.324 e. The van der Waals surface area contributed by atoms with E-state index in [9.17, 15) is 4.79 Å². The Morgan fingerprint density at radius 3 is 0.883 bits per heavy atom. The molecule has 10 N–H and O–H groups in total. The molecule has 0 radical (unpaired) electrons. The average molecular weight is 1670 g/mol. The first kappa shape index (κ1) is 74.3. The Balaban J connectivity index is 0.0000000933. The summed E-state index contributed by atoms with van der Waals surface area (Å²) in [5.41, 5.74) is 23.2. The third-order valence-corrected chi connectivity index (χ3v) is 21.6. The summed E-state index contributed by atoms with van der Waals surface area (Å²) in [6, 6.07) is 113. The summed E-state index contributed by atoms with van der Waals surface area (Å²) < 4.78 is 7.99. The van der Waals surface area contributed by atoms with Gasteiger partial charge in [-0.3, -0.25) is 16.0 Å². The van der Waals surface area contributed by atoms with Crippen molar-refractivity contribution in [1.82, 2.24) is 112 Å². The topological polar surface area (TPSA) is 363 Å². The lowest BCUT2D eigenvalue weighted by Gasteiger charge is -2.11. The summed E-state index contributed by atoms with van der Waals surface area (Å²) >= 11 is 0. The summed E-state index contributed by atoms with van der Waals surface area (Å²) in [4.78, 5) is 94.3. The minimum atomic E-state index is -0.155. The Morgan fingerprint density at radius 1 is 0.219 bits per heavy atom. The van der Waals surface area contributed by atoms with E-state index < -0.39 is 0 Å². The van der Waals surface area contributed by atoms with E-state index in [-0.39, 0.29) is 23.5 Å². The summed E-state index contributed by atoms with van der Waals surface area (Å²) in [6.45, 7) is 0. The number of nitrogens with one attached hydrogen (secondary N) is 10. The molecule has 1 aliphatic rings. The summed E-state index contributed by atoms with van der Waals surface area (Å²) in [6.07, 6.45) is 0. The highest BCUT2D eigenvalue weighted by Crippen LogP contribution is 2.46. The van der Waals surface area contributed by atoms with Crippen LogP contribution in [0.5, 0.6) is 0 Å². The first-order valence-electron chi connectivity index (χ1n) is 41.0. The minimum absolute atomic E-state index is 0.155. The molecule has 0 spiro atoms. The van der Waals surface area contributed by atoms with E-state index >= 15 is 0 Å². The first-order valence-corrected chi connectivity index (χ1v) is 41.0. The number of aromatic amines is 4. The number of anilines is 12. The zero-order chi connectivity index (χ0) is 85.0. The quantitative estimate of drug-likeness (QED) is 0.0543. The molecule has 0 bridgehead atoms. The van der Waals surface area contributed by atoms with E-state index in [4.69, 9.17) is 24.9 Å². The van der Waals surface area contributed by atoms with Gasteiger partial charge in [0.1, 0.15) is 0 Å². The fourth-order valence-electron chi connectivity index (χ4n) is 16.0. The molecule has 30 nitrogen and oxygen atoms in total. The molecule has 0 fully saturated rings. The van der Waals surface area contributed by atoms with Gasteiger partial charge in [-0.1, -0.05) is 200 Å². The second kappa shape index (κ2) is 31.7.